The molecule has 0 spiro atoms. The maximum atomic E-state index is 5.95. The van der Waals surface area contributed by atoms with Gasteiger partial charge in [0.2, 0.25) is 0 Å². The molecule has 0 fully saturated rings. The number of ether oxygens (including phenoxy) is 1. The zero-order valence-corrected chi connectivity index (χ0v) is 11.0. The van der Waals surface area contributed by atoms with Crippen molar-refractivity contribution in [1.29, 1.82) is 0 Å². The van der Waals surface area contributed by atoms with Gasteiger partial charge in [0.15, 0.2) is 0 Å². The van der Waals surface area contributed by atoms with Crippen LogP contribution in [-0.4, -0.2) is 19.8 Å². The number of hydrogen-bond donors (Lipinski definition) is 1. The predicted octanol–water partition coefficient (Wildman–Crippen LogP) is 3.58. The molecule has 0 aliphatic heterocycles. The molecule has 1 atom stereocenters. The van der Waals surface area contributed by atoms with Crippen LogP contribution in [0.25, 0.3) is 0 Å². The van der Waals surface area contributed by atoms with Crippen LogP contribution in [0.4, 0.5) is 0 Å². The van der Waals surface area contributed by atoms with E-state index in [1.165, 1.54) is 5.56 Å². The molecule has 1 N–H and O–H groups in total. The number of hydrogen-bond acceptors (Lipinski definition) is 2. The summed E-state index contributed by atoms with van der Waals surface area (Å²) in [6.07, 6.45) is 2.77. The molecule has 94 valence electrons. The molecule has 3 heteroatoms. The first-order valence-electron chi connectivity index (χ1n) is 5.91. The average molecular weight is 254 g/mol. The van der Waals surface area contributed by atoms with E-state index < -0.39 is 0 Å². The van der Waals surface area contributed by atoms with Gasteiger partial charge in [-0.3, -0.25) is 0 Å². The molecule has 0 aromatic heterocycles. The smallest absolute Gasteiger partial charge is 0.0591 e. The van der Waals surface area contributed by atoms with E-state index in [1.54, 1.807) is 0 Å². The van der Waals surface area contributed by atoms with Gasteiger partial charge in [0.25, 0.3) is 0 Å². The minimum absolute atomic E-state index is 0.289. The van der Waals surface area contributed by atoms with E-state index in [4.69, 9.17) is 16.3 Å². The lowest BCUT2D eigenvalue weighted by Gasteiger charge is -2.14. The quantitative estimate of drug-likeness (QED) is 0.565. The van der Waals surface area contributed by atoms with Gasteiger partial charge in [-0.05, 0) is 31.0 Å². The maximum Gasteiger partial charge on any atom is 0.0591 e. The lowest BCUT2D eigenvalue weighted by atomic mass is 10.1. The van der Waals surface area contributed by atoms with Gasteiger partial charge in [-0.25, -0.2) is 0 Å². The third-order valence-corrected chi connectivity index (χ3v) is 2.75. The van der Waals surface area contributed by atoms with Crippen LogP contribution < -0.4 is 5.32 Å². The lowest BCUT2D eigenvalue weighted by Crippen LogP contribution is -2.23. The van der Waals surface area contributed by atoms with E-state index in [2.05, 4.69) is 24.9 Å². The van der Waals surface area contributed by atoms with Crippen molar-refractivity contribution in [3.8, 4) is 0 Å². The summed E-state index contributed by atoms with van der Waals surface area (Å²) in [5, 5.41) is 4.17. The predicted molar refractivity (Wildman–Crippen MR) is 73.5 cm³/mol. The molecule has 0 aliphatic carbocycles. The van der Waals surface area contributed by atoms with Crippen molar-refractivity contribution < 1.29 is 4.74 Å². The summed E-state index contributed by atoms with van der Waals surface area (Å²) >= 11 is 5.95. The highest BCUT2D eigenvalue weighted by Crippen LogP contribution is 2.16. The Balaban J connectivity index is 2.21. The highest BCUT2D eigenvalue weighted by Gasteiger charge is 2.04. The number of nitrogens with one attached hydrogen (secondary N) is 1. The van der Waals surface area contributed by atoms with Crippen molar-refractivity contribution in [3.05, 3.63) is 47.5 Å². The Morgan fingerprint density at radius 2 is 2.29 bits per heavy atom. The third kappa shape index (κ3) is 5.87. The Morgan fingerprint density at radius 3 is 3.00 bits per heavy atom. The molecule has 0 saturated heterocycles. The first-order valence-corrected chi connectivity index (χ1v) is 6.29. The van der Waals surface area contributed by atoms with Crippen LogP contribution in [0.15, 0.2) is 36.9 Å². The van der Waals surface area contributed by atoms with Crippen molar-refractivity contribution in [2.45, 2.75) is 19.4 Å². The summed E-state index contributed by atoms with van der Waals surface area (Å²) in [6.45, 7) is 8.07. The van der Waals surface area contributed by atoms with Crippen molar-refractivity contribution in [3.63, 3.8) is 0 Å². The molecular formula is C14H20ClNO. The summed E-state index contributed by atoms with van der Waals surface area (Å²) in [6, 6.07) is 8.20. The van der Waals surface area contributed by atoms with Gasteiger partial charge < -0.3 is 10.1 Å². The Bertz CT molecular complexity index is 341. The SMILES string of the molecule is C=CCCOCCNC(C)c1cccc(Cl)c1. The zero-order chi connectivity index (χ0) is 12.5. The van der Waals surface area contributed by atoms with Crippen LogP contribution in [0.5, 0.6) is 0 Å². The fourth-order valence-corrected chi connectivity index (χ4v) is 1.71. The van der Waals surface area contributed by atoms with E-state index in [9.17, 15) is 0 Å². The van der Waals surface area contributed by atoms with Crippen LogP contribution >= 0.6 is 11.6 Å². The molecule has 0 aliphatic rings. The highest BCUT2D eigenvalue weighted by molar-refractivity contribution is 6.30. The molecular weight excluding hydrogens is 234 g/mol. The highest BCUT2D eigenvalue weighted by atomic mass is 35.5. The van der Waals surface area contributed by atoms with Gasteiger partial charge in [0.1, 0.15) is 0 Å². The van der Waals surface area contributed by atoms with Gasteiger partial charge in [0, 0.05) is 17.6 Å². The van der Waals surface area contributed by atoms with E-state index in [0.29, 0.717) is 0 Å². The number of rotatable bonds is 8. The Labute approximate surface area is 109 Å². The molecule has 0 bridgehead atoms. The first kappa shape index (κ1) is 14.2. The Kier molecular flexibility index (Phi) is 6.94. The second-order valence-corrected chi connectivity index (χ2v) is 4.36. The van der Waals surface area contributed by atoms with E-state index in [1.807, 2.05) is 24.3 Å². The number of benzene rings is 1. The Hall–Kier alpha value is -0.830. The molecule has 17 heavy (non-hydrogen) atoms. The van der Waals surface area contributed by atoms with Crippen molar-refractivity contribution >= 4 is 11.6 Å². The molecule has 1 unspecified atom stereocenters. The largest absolute Gasteiger partial charge is 0.380 e. The zero-order valence-electron chi connectivity index (χ0n) is 10.3. The van der Waals surface area contributed by atoms with Gasteiger partial charge >= 0.3 is 0 Å². The van der Waals surface area contributed by atoms with Crippen LogP contribution in [0.2, 0.25) is 5.02 Å². The first-order chi connectivity index (χ1) is 8.24. The summed E-state index contributed by atoms with van der Waals surface area (Å²) in [5.74, 6) is 0. The van der Waals surface area contributed by atoms with Gasteiger partial charge in [0.05, 0.1) is 13.2 Å². The fourth-order valence-electron chi connectivity index (χ4n) is 1.51. The van der Waals surface area contributed by atoms with Crippen LogP contribution in [-0.2, 0) is 4.74 Å². The van der Waals surface area contributed by atoms with Crippen LogP contribution in [0.1, 0.15) is 24.9 Å². The van der Waals surface area contributed by atoms with Gasteiger partial charge in [-0.2, -0.15) is 0 Å². The van der Waals surface area contributed by atoms with Crippen LogP contribution in [0, 0.1) is 0 Å². The molecule has 1 aromatic rings. The molecule has 0 saturated carbocycles. The monoisotopic (exact) mass is 253 g/mol. The topological polar surface area (TPSA) is 21.3 Å². The number of halogens is 1. The van der Waals surface area contributed by atoms with Crippen molar-refractivity contribution in [1.82, 2.24) is 5.32 Å². The minimum Gasteiger partial charge on any atom is -0.380 e. The van der Waals surface area contributed by atoms with Gasteiger partial charge in [-0.1, -0.05) is 29.8 Å². The fraction of sp³-hybridized carbons (Fsp3) is 0.429. The minimum atomic E-state index is 0.289. The third-order valence-electron chi connectivity index (χ3n) is 2.51. The molecule has 0 radical (unpaired) electrons. The van der Waals surface area contributed by atoms with Gasteiger partial charge in [-0.15, -0.1) is 6.58 Å². The van der Waals surface area contributed by atoms with E-state index in [0.717, 1.165) is 31.2 Å². The van der Waals surface area contributed by atoms with E-state index in [-0.39, 0.29) is 6.04 Å². The molecule has 0 heterocycles. The normalized spacial score (nSPS) is 12.4. The molecule has 2 nitrogen and oxygen atoms in total. The second-order valence-electron chi connectivity index (χ2n) is 3.92. The summed E-state index contributed by atoms with van der Waals surface area (Å²) in [4.78, 5) is 0. The molecule has 1 aromatic carbocycles. The summed E-state index contributed by atoms with van der Waals surface area (Å²) in [7, 11) is 0. The van der Waals surface area contributed by atoms with Crippen LogP contribution in [0.3, 0.4) is 0 Å². The second kappa shape index (κ2) is 8.29. The lowest BCUT2D eigenvalue weighted by molar-refractivity contribution is 0.138. The molecule has 1 rings (SSSR count). The average Bonchev–Trinajstić information content (AvgIpc) is 2.33. The Morgan fingerprint density at radius 1 is 1.47 bits per heavy atom. The summed E-state index contributed by atoms with van der Waals surface area (Å²) in [5.41, 5.74) is 1.20. The van der Waals surface area contributed by atoms with E-state index >= 15 is 0 Å². The summed E-state index contributed by atoms with van der Waals surface area (Å²) < 4.78 is 5.42. The molecule has 0 amide bonds. The van der Waals surface area contributed by atoms with Crippen molar-refractivity contribution in [2.75, 3.05) is 19.8 Å². The maximum absolute atomic E-state index is 5.95. The van der Waals surface area contributed by atoms with Crippen molar-refractivity contribution in [2.24, 2.45) is 0 Å². The standard InChI is InChI=1S/C14H20ClNO/c1-3-4-9-17-10-8-16-12(2)13-6-5-7-14(15)11-13/h3,5-7,11-12,16H,1,4,8-10H2,2H3.